The van der Waals surface area contributed by atoms with Gasteiger partial charge in [0.2, 0.25) is 0 Å². The van der Waals surface area contributed by atoms with Crippen LogP contribution in [0.5, 0.6) is 0 Å². The lowest BCUT2D eigenvalue weighted by Crippen LogP contribution is -2.46. The Bertz CT molecular complexity index is 696. The van der Waals surface area contributed by atoms with Gasteiger partial charge in [-0.05, 0) is 43.6 Å². The summed E-state index contributed by atoms with van der Waals surface area (Å²) in [5.41, 5.74) is 2.35. The highest BCUT2D eigenvalue weighted by atomic mass is 16.3. The first kappa shape index (κ1) is 16.9. The first-order valence-corrected chi connectivity index (χ1v) is 9.47. The topological polar surface area (TPSA) is 51.6 Å². The number of nitrogens with zero attached hydrogens (tertiary/aromatic N) is 3. The van der Waals surface area contributed by atoms with E-state index in [1.165, 1.54) is 23.8 Å². The smallest absolute Gasteiger partial charge is 0.0794 e. The molecule has 0 amide bonds. The van der Waals surface area contributed by atoms with Crippen LogP contribution in [0.1, 0.15) is 18.4 Å². The highest BCUT2D eigenvalue weighted by Crippen LogP contribution is 2.20. The molecular formula is C20H28N4O. The Hall–Kier alpha value is -1.53. The number of hydrogen-bond donors (Lipinski definition) is 2. The Labute approximate surface area is 149 Å². The molecule has 0 saturated carbocycles. The largest absolute Gasteiger partial charge is 0.390 e. The number of hydrogen-bond acceptors (Lipinski definition) is 5. The van der Waals surface area contributed by atoms with Gasteiger partial charge in [0.05, 0.1) is 11.6 Å². The molecule has 3 heterocycles. The van der Waals surface area contributed by atoms with Gasteiger partial charge < -0.3 is 10.4 Å². The molecule has 5 heteroatoms. The van der Waals surface area contributed by atoms with E-state index >= 15 is 0 Å². The Kier molecular flexibility index (Phi) is 5.27. The second kappa shape index (κ2) is 7.79. The molecule has 25 heavy (non-hydrogen) atoms. The fourth-order valence-corrected chi connectivity index (χ4v) is 4.27. The van der Waals surface area contributed by atoms with Crippen molar-refractivity contribution in [1.29, 1.82) is 0 Å². The monoisotopic (exact) mass is 340 g/mol. The van der Waals surface area contributed by atoms with Crippen molar-refractivity contribution in [3.8, 4) is 0 Å². The third kappa shape index (κ3) is 4.01. The molecule has 2 N–H and O–H groups in total. The highest BCUT2D eigenvalue weighted by molar-refractivity contribution is 5.81. The van der Waals surface area contributed by atoms with E-state index in [4.69, 9.17) is 0 Å². The summed E-state index contributed by atoms with van der Waals surface area (Å²) in [6.07, 6.45) is 3.97. The number of nitrogens with one attached hydrogen (secondary N) is 1. The number of pyridine rings is 1. The van der Waals surface area contributed by atoms with Gasteiger partial charge in [0.15, 0.2) is 0 Å². The molecule has 2 aliphatic heterocycles. The number of fused-ring (bicyclic) bond motifs is 1. The molecule has 0 spiro atoms. The van der Waals surface area contributed by atoms with Crippen LogP contribution in [0.15, 0.2) is 36.5 Å². The summed E-state index contributed by atoms with van der Waals surface area (Å²) in [6, 6.07) is 11.1. The van der Waals surface area contributed by atoms with Gasteiger partial charge in [0.1, 0.15) is 0 Å². The summed E-state index contributed by atoms with van der Waals surface area (Å²) in [6.45, 7) is 6.69. The van der Waals surface area contributed by atoms with Crippen molar-refractivity contribution in [1.82, 2.24) is 20.1 Å². The lowest BCUT2D eigenvalue weighted by atomic mass is 10.0. The standard InChI is InChI=1S/C20H28N4O/c25-18-14-23(11-12-24(15-18)17-6-9-21-10-7-17)13-16-3-1-5-20-19(16)4-2-8-22-20/h1-5,8,17-18,21,25H,6-7,9-15H2/t18-/m0/s1. The summed E-state index contributed by atoms with van der Waals surface area (Å²) in [5, 5.41) is 15.2. The number of aromatic nitrogens is 1. The molecule has 2 saturated heterocycles. The zero-order chi connectivity index (χ0) is 17.1. The molecule has 2 aromatic rings. The van der Waals surface area contributed by atoms with Gasteiger partial charge in [-0.25, -0.2) is 0 Å². The van der Waals surface area contributed by atoms with E-state index in [1.54, 1.807) is 0 Å². The Morgan fingerprint density at radius 3 is 2.84 bits per heavy atom. The normalized spacial score (nSPS) is 24.4. The van der Waals surface area contributed by atoms with Crippen molar-refractivity contribution in [3.05, 3.63) is 42.1 Å². The van der Waals surface area contributed by atoms with Crippen LogP contribution in [0, 0.1) is 0 Å². The first-order valence-electron chi connectivity index (χ1n) is 9.47. The van der Waals surface area contributed by atoms with Crippen molar-refractivity contribution in [2.75, 3.05) is 39.3 Å². The summed E-state index contributed by atoms with van der Waals surface area (Å²) in [7, 11) is 0. The maximum absolute atomic E-state index is 10.5. The van der Waals surface area contributed by atoms with Crippen LogP contribution in [0.4, 0.5) is 0 Å². The molecule has 2 aliphatic rings. The van der Waals surface area contributed by atoms with Gasteiger partial charge in [0, 0.05) is 50.3 Å². The molecule has 1 aromatic heterocycles. The predicted octanol–water partition coefficient (Wildman–Crippen LogP) is 1.47. The molecule has 2 fully saturated rings. The van der Waals surface area contributed by atoms with E-state index in [1.807, 2.05) is 12.3 Å². The molecule has 134 valence electrons. The summed E-state index contributed by atoms with van der Waals surface area (Å²) < 4.78 is 0. The second-order valence-electron chi connectivity index (χ2n) is 7.35. The first-order chi connectivity index (χ1) is 12.3. The number of benzene rings is 1. The van der Waals surface area contributed by atoms with Crippen LogP contribution in [-0.4, -0.2) is 71.3 Å². The number of piperidine rings is 1. The molecule has 0 radical (unpaired) electrons. The van der Waals surface area contributed by atoms with Gasteiger partial charge in [-0.1, -0.05) is 18.2 Å². The summed E-state index contributed by atoms with van der Waals surface area (Å²) >= 11 is 0. The molecule has 5 nitrogen and oxygen atoms in total. The molecule has 1 atom stereocenters. The average molecular weight is 340 g/mol. The lowest BCUT2D eigenvalue weighted by Gasteiger charge is -2.34. The van der Waals surface area contributed by atoms with Crippen molar-refractivity contribution in [3.63, 3.8) is 0 Å². The maximum atomic E-state index is 10.5. The van der Waals surface area contributed by atoms with E-state index < -0.39 is 0 Å². The predicted molar refractivity (Wildman–Crippen MR) is 100 cm³/mol. The fraction of sp³-hybridized carbons (Fsp3) is 0.550. The summed E-state index contributed by atoms with van der Waals surface area (Å²) in [4.78, 5) is 9.37. The molecule has 0 aliphatic carbocycles. The van der Waals surface area contributed by atoms with Crippen molar-refractivity contribution < 1.29 is 5.11 Å². The third-order valence-corrected chi connectivity index (χ3v) is 5.57. The average Bonchev–Trinajstić information content (AvgIpc) is 2.84. The Balaban J connectivity index is 1.46. The zero-order valence-electron chi connectivity index (χ0n) is 14.8. The van der Waals surface area contributed by atoms with Gasteiger partial charge in [-0.15, -0.1) is 0 Å². The number of aliphatic hydroxyl groups is 1. The molecule has 1 aromatic carbocycles. The van der Waals surface area contributed by atoms with E-state index in [-0.39, 0.29) is 6.10 Å². The van der Waals surface area contributed by atoms with E-state index in [0.29, 0.717) is 6.04 Å². The molecular weight excluding hydrogens is 312 g/mol. The lowest BCUT2D eigenvalue weighted by molar-refractivity contribution is 0.0854. The van der Waals surface area contributed by atoms with Crippen molar-refractivity contribution in [2.45, 2.75) is 31.5 Å². The van der Waals surface area contributed by atoms with Gasteiger partial charge in [0.25, 0.3) is 0 Å². The quantitative estimate of drug-likeness (QED) is 0.886. The Morgan fingerprint density at radius 1 is 1.08 bits per heavy atom. The third-order valence-electron chi connectivity index (χ3n) is 5.57. The van der Waals surface area contributed by atoms with E-state index in [0.717, 1.165) is 51.3 Å². The fourth-order valence-electron chi connectivity index (χ4n) is 4.27. The van der Waals surface area contributed by atoms with E-state index in [2.05, 4.69) is 44.4 Å². The van der Waals surface area contributed by atoms with E-state index in [9.17, 15) is 5.11 Å². The SMILES string of the molecule is O[C@H]1CN(Cc2cccc3ncccc23)CCN(C2CCNCC2)C1. The number of β-amino-alcohol motifs (C(OH)–C–C–N with tert-alkyl or cyclic N) is 1. The highest BCUT2D eigenvalue weighted by Gasteiger charge is 2.27. The zero-order valence-corrected chi connectivity index (χ0v) is 14.8. The number of aliphatic hydroxyl groups excluding tert-OH is 1. The Morgan fingerprint density at radius 2 is 1.96 bits per heavy atom. The van der Waals surface area contributed by atoms with Crippen LogP contribution in [0.25, 0.3) is 10.9 Å². The maximum Gasteiger partial charge on any atom is 0.0794 e. The second-order valence-corrected chi connectivity index (χ2v) is 7.35. The minimum atomic E-state index is -0.273. The van der Waals surface area contributed by atoms with Crippen LogP contribution >= 0.6 is 0 Å². The number of rotatable bonds is 3. The van der Waals surface area contributed by atoms with Crippen LogP contribution in [0.3, 0.4) is 0 Å². The van der Waals surface area contributed by atoms with Gasteiger partial charge in [-0.2, -0.15) is 0 Å². The minimum absolute atomic E-state index is 0.273. The van der Waals surface area contributed by atoms with Crippen molar-refractivity contribution >= 4 is 10.9 Å². The molecule has 4 rings (SSSR count). The van der Waals surface area contributed by atoms with Crippen LogP contribution < -0.4 is 5.32 Å². The summed E-state index contributed by atoms with van der Waals surface area (Å²) in [5.74, 6) is 0. The minimum Gasteiger partial charge on any atom is -0.390 e. The molecule has 0 bridgehead atoms. The van der Waals surface area contributed by atoms with Crippen LogP contribution in [-0.2, 0) is 6.54 Å². The van der Waals surface area contributed by atoms with Gasteiger partial charge in [-0.3, -0.25) is 14.8 Å². The van der Waals surface area contributed by atoms with Crippen LogP contribution in [0.2, 0.25) is 0 Å². The van der Waals surface area contributed by atoms with Crippen molar-refractivity contribution in [2.24, 2.45) is 0 Å². The molecule has 0 unspecified atom stereocenters. The van der Waals surface area contributed by atoms with Gasteiger partial charge >= 0.3 is 0 Å².